The number of benzene rings is 2. The molecule has 15 nitrogen and oxygen atoms in total. The highest BCUT2D eigenvalue weighted by atomic mass is 19.4. The number of halogens is 4. The number of nitrogens with one attached hydrogen (secondary N) is 5. The van der Waals surface area contributed by atoms with Gasteiger partial charge in [-0.15, -0.1) is 0 Å². The molecule has 1 aliphatic rings. The highest BCUT2D eigenvalue weighted by Gasteiger charge is 2.47. The number of amides is 4. The van der Waals surface area contributed by atoms with E-state index in [4.69, 9.17) is 24.1 Å². The van der Waals surface area contributed by atoms with Crippen molar-refractivity contribution >= 4 is 40.7 Å². The van der Waals surface area contributed by atoms with Crippen LogP contribution in [-0.2, 0) is 63.6 Å². The van der Waals surface area contributed by atoms with E-state index in [-0.39, 0.29) is 74.9 Å². The lowest BCUT2D eigenvalue weighted by atomic mass is 9.78. The first-order chi connectivity index (χ1) is 30.9. The Morgan fingerprint density at radius 3 is 2.31 bits per heavy atom. The van der Waals surface area contributed by atoms with E-state index in [9.17, 15) is 36.7 Å². The molecular weight excluding hydrogens is 859 g/mol. The Labute approximate surface area is 376 Å². The minimum absolute atomic E-state index is 0.00480. The number of unbranched alkanes of at least 4 members (excludes halogenated alkanes) is 1. The normalized spacial score (nSPS) is 17.2. The number of aromatic amines is 1. The number of carbonyl (C=O) groups excluding carboxylic acids is 4. The van der Waals surface area contributed by atoms with Crippen LogP contribution in [-0.4, -0.2) is 110 Å². The molecule has 0 saturated carbocycles. The van der Waals surface area contributed by atoms with Crippen LogP contribution in [0.1, 0.15) is 88.6 Å². The summed E-state index contributed by atoms with van der Waals surface area (Å²) in [6, 6.07) is 7.11. The zero-order valence-corrected chi connectivity index (χ0v) is 37.7. The van der Waals surface area contributed by atoms with Gasteiger partial charge >= 0.3 is 12.3 Å². The van der Waals surface area contributed by atoms with Gasteiger partial charge in [-0.05, 0) is 60.8 Å². The summed E-state index contributed by atoms with van der Waals surface area (Å²) < 4.78 is 78.0. The maximum Gasteiger partial charge on any atom is 0.505 e. The van der Waals surface area contributed by atoms with Crippen molar-refractivity contribution in [2.24, 2.45) is 11.8 Å². The fraction of sp³-hybridized carbons (Fsp3) is 0.587. The monoisotopic (exact) mass is 921 g/mol. The lowest BCUT2D eigenvalue weighted by molar-refractivity contribution is -0.139. The van der Waals surface area contributed by atoms with Crippen molar-refractivity contribution in [1.82, 2.24) is 26.3 Å². The van der Waals surface area contributed by atoms with E-state index in [0.717, 1.165) is 12.5 Å². The third kappa shape index (κ3) is 14.9. The summed E-state index contributed by atoms with van der Waals surface area (Å²) in [4.78, 5) is 71.1. The predicted molar refractivity (Wildman–Crippen MR) is 232 cm³/mol. The lowest BCUT2D eigenvalue weighted by Crippen LogP contribution is -2.67. The molecular formula is C46H63F4N5O10. The van der Waals surface area contributed by atoms with Crippen molar-refractivity contribution in [3.05, 3.63) is 70.7 Å². The van der Waals surface area contributed by atoms with E-state index in [0.29, 0.717) is 43.7 Å². The molecule has 4 amide bonds. The van der Waals surface area contributed by atoms with Crippen LogP contribution in [0.3, 0.4) is 0 Å². The van der Waals surface area contributed by atoms with E-state index < -0.39 is 82.9 Å². The summed E-state index contributed by atoms with van der Waals surface area (Å²) in [7, 11) is 1.53. The quantitative estimate of drug-likeness (QED) is 0.0315. The van der Waals surface area contributed by atoms with Gasteiger partial charge in [-0.2, -0.15) is 13.2 Å². The summed E-state index contributed by atoms with van der Waals surface area (Å²) in [6.45, 7) is 7.99. The number of carbonyl (C=O) groups is 5. The average Bonchev–Trinajstić information content (AvgIpc) is 3.64. The molecule has 4 rings (SSSR count). The Hall–Kier alpha value is -5.27. The van der Waals surface area contributed by atoms with E-state index in [2.05, 4.69) is 26.3 Å². The Morgan fingerprint density at radius 1 is 0.908 bits per heavy atom. The number of aromatic nitrogens is 1. The minimum atomic E-state index is -4.69. The van der Waals surface area contributed by atoms with Gasteiger partial charge in [0.05, 0.1) is 50.0 Å². The molecule has 1 heterocycles. The summed E-state index contributed by atoms with van der Waals surface area (Å²) in [6.07, 6.45) is -5.05. The summed E-state index contributed by atoms with van der Waals surface area (Å²) in [5.74, 6) is -4.23. The Balaban J connectivity index is 1.65. The van der Waals surface area contributed by atoms with Gasteiger partial charge in [0.25, 0.3) is 0 Å². The number of hydrogen-bond donors (Lipinski definition) is 6. The van der Waals surface area contributed by atoms with E-state index in [1.807, 2.05) is 6.92 Å². The van der Waals surface area contributed by atoms with Crippen molar-refractivity contribution < 1.29 is 65.6 Å². The first-order valence-corrected chi connectivity index (χ1v) is 22.1. The van der Waals surface area contributed by atoms with Gasteiger partial charge in [-0.25, -0.2) is 9.18 Å². The van der Waals surface area contributed by atoms with Crippen LogP contribution in [0.5, 0.6) is 0 Å². The van der Waals surface area contributed by atoms with Gasteiger partial charge in [0.1, 0.15) is 30.0 Å². The first-order valence-electron chi connectivity index (χ1n) is 22.1. The maximum atomic E-state index is 15.0. The van der Waals surface area contributed by atoms with Crippen LogP contribution < -0.4 is 21.3 Å². The summed E-state index contributed by atoms with van der Waals surface area (Å²) >= 11 is 0. The van der Waals surface area contributed by atoms with Crippen molar-refractivity contribution in [3.63, 3.8) is 0 Å². The van der Waals surface area contributed by atoms with E-state index >= 15 is 4.79 Å². The minimum Gasteiger partial charge on any atom is -0.450 e. The average molecular weight is 922 g/mol. The molecule has 0 fully saturated rings. The van der Waals surface area contributed by atoms with Crippen LogP contribution in [0.2, 0.25) is 0 Å². The van der Waals surface area contributed by atoms with Gasteiger partial charge in [0.15, 0.2) is 0 Å². The topological polar surface area (TPSA) is 206 Å². The fourth-order valence-corrected chi connectivity index (χ4v) is 7.92. The third-order valence-electron chi connectivity index (χ3n) is 11.9. The lowest BCUT2D eigenvalue weighted by Gasteiger charge is -2.40. The molecule has 0 aliphatic heterocycles. The molecule has 65 heavy (non-hydrogen) atoms. The van der Waals surface area contributed by atoms with Gasteiger partial charge in [0.2, 0.25) is 23.6 Å². The van der Waals surface area contributed by atoms with Crippen molar-refractivity contribution in [1.29, 1.82) is 0 Å². The molecule has 3 aromatic rings. The number of carboxylic acid groups (broad SMARTS) is 1. The van der Waals surface area contributed by atoms with Crippen LogP contribution in [0.15, 0.2) is 42.5 Å². The summed E-state index contributed by atoms with van der Waals surface area (Å²) in [5.41, 5.74) is -1.92. The standard InChI is InChI=1S/C46H63F4N5O10/c1-6-8-12-29(4)39(41(57)51-20-18-31(27-65-44(60)61)64-24-23-63-22-21-62-5)54-43(59)45(19-17-36-33(26-45)32-14-11-15-34(40(32)52-36)46(48,49)50)55-42(58)38(28(3)7-2)53-37(56)25-30-13-9-10-16-35(30)47/h9-11,13-16,28-29,31,38-39,52H,6-8,12,17-27H2,1-5H3,(H,51,57)(H,53,56)(H,54,59)(H,55,58)(H,60,61)/t28?,29?,31?,38-,39-,45+/m0/s1. The highest BCUT2D eigenvalue weighted by Crippen LogP contribution is 2.40. The molecule has 6 N–H and O–H groups in total. The number of H-pyrrole nitrogens is 1. The van der Waals surface area contributed by atoms with Crippen molar-refractivity contribution in [2.75, 3.05) is 46.7 Å². The Kier molecular flexibility index (Phi) is 20.0. The molecule has 360 valence electrons. The highest BCUT2D eigenvalue weighted by molar-refractivity contribution is 5.99. The number of alkyl halides is 3. The second-order valence-corrected chi connectivity index (χ2v) is 16.6. The van der Waals surface area contributed by atoms with Crippen molar-refractivity contribution in [2.45, 2.75) is 115 Å². The smallest absolute Gasteiger partial charge is 0.450 e. The fourth-order valence-electron chi connectivity index (χ4n) is 7.92. The molecule has 0 saturated heterocycles. The van der Waals surface area contributed by atoms with E-state index in [1.165, 1.54) is 37.4 Å². The number of methoxy groups -OCH3 is 1. The number of aryl methyl sites for hydroxylation is 1. The Morgan fingerprint density at radius 2 is 1.63 bits per heavy atom. The predicted octanol–water partition coefficient (Wildman–Crippen LogP) is 6.00. The number of hydrogen-bond acceptors (Lipinski definition) is 9. The molecule has 2 aromatic carbocycles. The molecule has 0 spiro atoms. The zero-order chi connectivity index (χ0) is 47.7. The molecule has 1 aliphatic carbocycles. The molecule has 0 radical (unpaired) electrons. The van der Waals surface area contributed by atoms with Crippen molar-refractivity contribution in [3.8, 4) is 0 Å². The molecule has 19 heteroatoms. The van der Waals surface area contributed by atoms with Gasteiger partial charge < -0.3 is 50.3 Å². The number of rotatable bonds is 26. The van der Waals surface area contributed by atoms with Gasteiger partial charge in [-0.3, -0.25) is 19.2 Å². The summed E-state index contributed by atoms with van der Waals surface area (Å²) in [5, 5.41) is 20.7. The van der Waals surface area contributed by atoms with Crippen LogP contribution in [0.25, 0.3) is 10.9 Å². The molecule has 1 aromatic heterocycles. The van der Waals surface area contributed by atoms with Crippen LogP contribution in [0, 0.1) is 17.7 Å². The van der Waals surface area contributed by atoms with Crippen LogP contribution >= 0.6 is 0 Å². The second-order valence-electron chi connectivity index (χ2n) is 16.6. The maximum absolute atomic E-state index is 15.0. The molecule has 6 atom stereocenters. The SMILES string of the molecule is CCCCC(C)[C@H](NC(=O)[C@@]1(NC(=O)[C@@H](NC(=O)Cc2ccccc2F)C(C)CC)CCc2[nH]c3c(C(F)(F)F)cccc3c2C1)C(=O)NCCC(COC(=O)O)OCCOCCOC. The number of fused-ring (bicyclic) bond motifs is 3. The zero-order valence-electron chi connectivity index (χ0n) is 37.7. The second kappa shape index (κ2) is 24.9. The first kappa shape index (κ1) is 52.4. The van der Waals surface area contributed by atoms with Gasteiger partial charge in [0, 0.05) is 31.2 Å². The van der Waals surface area contributed by atoms with Crippen LogP contribution in [0.4, 0.5) is 22.4 Å². The molecule has 0 bridgehead atoms. The Bertz CT molecular complexity index is 2070. The van der Waals surface area contributed by atoms with Gasteiger partial charge in [-0.1, -0.05) is 77.3 Å². The largest absolute Gasteiger partial charge is 0.505 e. The van der Waals surface area contributed by atoms with E-state index in [1.54, 1.807) is 26.8 Å². The number of ether oxygens (including phenoxy) is 4. The molecule has 3 unspecified atom stereocenters. The third-order valence-corrected chi connectivity index (χ3v) is 11.9. The number of para-hydroxylation sites is 1.